The summed E-state index contributed by atoms with van der Waals surface area (Å²) < 4.78 is 0. The third kappa shape index (κ3) is 2.74. The third-order valence-electron chi connectivity index (χ3n) is 2.34. The highest BCUT2D eigenvalue weighted by Gasteiger charge is 2.18. The predicted octanol–water partition coefficient (Wildman–Crippen LogP) is 0.689. The molecule has 6 nitrogen and oxygen atoms in total. The average molecular weight is 225 g/mol. The molecule has 2 N–H and O–H groups in total. The zero-order valence-corrected chi connectivity index (χ0v) is 9.36. The van der Waals surface area contributed by atoms with Crippen LogP contribution in [0.4, 0.5) is 5.69 Å². The lowest BCUT2D eigenvalue weighted by Crippen LogP contribution is -2.19. The van der Waals surface area contributed by atoms with Crippen LogP contribution < -0.4 is 5.32 Å². The first kappa shape index (κ1) is 12.5. The van der Waals surface area contributed by atoms with Crippen molar-refractivity contribution in [1.29, 1.82) is 0 Å². The number of pyridine rings is 1. The van der Waals surface area contributed by atoms with Crippen LogP contribution in [0, 0.1) is 24.0 Å². The van der Waals surface area contributed by atoms with E-state index in [1.807, 2.05) is 0 Å². The van der Waals surface area contributed by atoms with Crippen molar-refractivity contribution in [1.82, 2.24) is 10.3 Å². The van der Waals surface area contributed by atoms with Gasteiger partial charge in [0.25, 0.3) is 5.69 Å². The summed E-state index contributed by atoms with van der Waals surface area (Å²) >= 11 is 0. The number of aryl methyl sites for hydroxylation is 1. The summed E-state index contributed by atoms with van der Waals surface area (Å²) in [5, 5.41) is 22.4. The zero-order chi connectivity index (χ0) is 12.1. The first-order valence-electron chi connectivity index (χ1n) is 4.99. The van der Waals surface area contributed by atoms with Gasteiger partial charge in [-0.2, -0.15) is 0 Å². The molecule has 6 heteroatoms. The summed E-state index contributed by atoms with van der Waals surface area (Å²) in [6.45, 7) is 4.26. The van der Waals surface area contributed by atoms with Gasteiger partial charge in [0.2, 0.25) is 0 Å². The van der Waals surface area contributed by atoms with Crippen molar-refractivity contribution in [2.24, 2.45) is 0 Å². The second-order valence-corrected chi connectivity index (χ2v) is 3.52. The summed E-state index contributed by atoms with van der Waals surface area (Å²) in [5.74, 6) is 0. The molecule has 0 amide bonds. The van der Waals surface area contributed by atoms with Crippen LogP contribution in [0.3, 0.4) is 0 Å². The lowest BCUT2D eigenvalue weighted by Gasteiger charge is -2.07. The van der Waals surface area contributed by atoms with E-state index in [-0.39, 0.29) is 17.2 Å². The van der Waals surface area contributed by atoms with Crippen molar-refractivity contribution < 1.29 is 10.0 Å². The van der Waals surface area contributed by atoms with Crippen LogP contribution >= 0.6 is 0 Å². The number of nitrogens with zero attached hydrogens (tertiary/aromatic N) is 2. The molecule has 0 aromatic carbocycles. The normalized spacial score (nSPS) is 10.4. The fourth-order valence-corrected chi connectivity index (χ4v) is 1.51. The molecule has 1 aromatic heterocycles. The van der Waals surface area contributed by atoms with Gasteiger partial charge in [-0.25, -0.2) is 0 Å². The lowest BCUT2D eigenvalue weighted by molar-refractivity contribution is -0.386. The van der Waals surface area contributed by atoms with Crippen molar-refractivity contribution in [3.8, 4) is 0 Å². The molecule has 1 rings (SSSR count). The Morgan fingerprint density at radius 1 is 1.56 bits per heavy atom. The van der Waals surface area contributed by atoms with E-state index >= 15 is 0 Å². The van der Waals surface area contributed by atoms with Gasteiger partial charge in [0.1, 0.15) is 0 Å². The van der Waals surface area contributed by atoms with E-state index in [1.54, 1.807) is 13.8 Å². The molecule has 0 saturated carbocycles. The number of hydrogen-bond acceptors (Lipinski definition) is 5. The molecule has 0 atom stereocenters. The van der Waals surface area contributed by atoms with E-state index in [9.17, 15) is 10.1 Å². The molecule has 0 spiro atoms. The number of hydrogen-bond donors (Lipinski definition) is 2. The highest BCUT2D eigenvalue weighted by molar-refractivity contribution is 5.47. The Morgan fingerprint density at radius 2 is 2.25 bits per heavy atom. The molecule has 0 aliphatic rings. The van der Waals surface area contributed by atoms with Crippen molar-refractivity contribution in [2.75, 3.05) is 13.2 Å². The lowest BCUT2D eigenvalue weighted by atomic mass is 10.1. The minimum absolute atomic E-state index is 0.0347. The quantitative estimate of drug-likeness (QED) is 0.437. The van der Waals surface area contributed by atoms with Gasteiger partial charge in [-0.1, -0.05) is 0 Å². The Balaban J connectivity index is 2.95. The van der Waals surface area contributed by atoms with Crippen LogP contribution in [0.2, 0.25) is 0 Å². The summed E-state index contributed by atoms with van der Waals surface area (Å²) in [7, 11) is 0. The van der Waals surface area contributed by atoms with Gasteiger partial charge in [0.05, 0.1) is 17.2 Å². The maximum atomic E-state index is 10.8. The molecular weight excluding hydrogens is 210 g/mol. The fourth-order valence-electron chi connectivity index (χ4n) is 1.51. The van der Waals surface area contributed by atoms with Gasteiger partial charge < -0.3 is 10.4 Å². The van der Waals surface area contributed by atoms with E-state index in [0.29, 0.717) is 29.9 Å². The van der Waals surface area contributed by atoms with Gasteiger partial charge in [-0.3, -0.25) is 15.1 Å². The Labute approximate surface area is 93.5 Å². The Bertz CT molecular complexity index is 393. The van der Waals surface area contributed by atoms with Crippen molar-refractivity contribution in [3.05, 3.63) is 33.1 Å². The topological polar surface area (TPSA) is 88.3 Å². The number of nitrogens with one attached hydrogen (secondary N) is 1. The van der Waals surface area contributed by atoms with E-state index < -0.39 is 0 Å². The Morgan fingerprint density at radius 3 is 2.81 bits per heavy atom. The minimum Gasteiger partial charge on any atom is -0.395 e. The molecule has 0 unspecified atom stereocenters. The second kappa shape index (κ2) is 5.53. The summed E-state index contributed by atoms with van der Waals surface area (Å²) in [5.41, 5.74) is 1.91. The van der Waals surface area contributed by atoms with Gasteiger partial charge in [-0.15, -0.1) is 0 Å². The standard InChI is InChI=1S/C10H15N3O3/c1-7-5-12-9(6-11-3-4-14)8(2)10(7)13(15)16/h5,11,14H,3-4,6H2,1-2H3. The molecule has 1 aromatic rings. The molecule has 0 saturated heterocycles. The minimum atomic E-state index is -0.387. The average Bonchev–Trinajstić information content (AvgIpc) is 2.21. The van der Waals surface area contributed by atoms with Crippen LogP contribution in [0.5, 0.6) is 0 Å². The number of aliphatic hydroxyl groups excluding tert-OH is 1. The van der Waals surface area contributed by atoms with E-state index in [4.69, 9.17) is 5.11 Å². The molecule has 88 valence electrons. The summed E-state index contributed by atoms with van der Waals surface area (Å²) in [6, 6.07) is 0. The molecular formula is C10H15N3O3. The number of aromatic nitrogens is 1. The Hall–Kier alpha value is -1.53. The van der Waals surface area contributed by atoms with Crippen LogP contribution in [-0.4, -0.2) is 28.2 Å². The van der Waals surface area contributed by atoms with Gasteiger partial charge in [0, 0.05) is 30.4 Å². The molecule has 1 heterocycles. The first-order valence-corrected chi connectivity index (χ1v) is 4.99. The van der Waals surface area contributed by atoms with Crippen molar-refractivity contribution in [3.63, 3.8) is 0 Å². The smallest absolute Gasteiger partial charge is 0.278 e. The zero-order valence-electron chi connectivity index (χ0n) is 9.36. The number of aliphatic hydroxyl groups is 1. The number of nitro groups is 1. The fraction of sp³-hybridized carbons (Fsp3) is 0.500. The SMILES string of the molecule is Cc1cnc(CNCCO)c(C)c1[N+](=O)[O-]. The van der Waals surface area contributed by atoms with E-state index in [1.165, 1.54) is 6.20 Å². The molecule has 0 aliphatic carbocycles. The largest absolute Gasteiger partial charge is 0.395 e. The van der Waals surface area contributed by atoms with Crippen molar-refractivity contribution in [2.45, 2.75) is 20.4 Å². The maximum Gasteiger partial charge on any atom is 0.278 e. The Kier molecular flexibility index (Phi) is 4.33. The van der Waals surface area contributed by atoms with Crippen LogP contribution in [0.15, 0.2) is 6.20 Å². The van der Waals surface area contributed by atoms with Crippen LogP contribution in [0.25, 0.3) is 0 Å². The highest BCUT2D eigenvalue weighted by atomic mass is 16.6. The van der Waals surface area contributed by atoms with Crippen molar-refractivity contribution >= 4 is 5.69 Å². The second-order valence-electron chi connectivity index (χ2n) is 3.52. The summed E-state index contributed by atoms with van der Waals surface area (Å²) in [6.07, 6.45) is 1.50. The monoisotopic (exact) mass is 225 g/mol. The van der Waals surface area contributed by atoms with Gasteiger partial charge in [0.15, 0.2) is 0 Å². The first-order chi connectivity index (χ1) is 7.57. The molecule has 0 radical (unpaired) electrons. The third-order valence-corrected chi connectivity index (χ3v) is 2.34. The highest BCUT2D eigenvalue weighted by Crippen LogP contribution is 2.23. The predicted molar refractivity (Wildman–Crippen MR) is 59.2 cm³/mol. The van der Waals surface area contributed by atoms with Gasteiger partial charge >= 0.3 is 0 Å². The van der Waals surface area contributed by atoms with E-state index in [2.05, 4.69) is 10.3 Å². The van der Waals surface area contributed by atoms with Crippen LogP contribution in [-0.2, 0) is 6.54 Å². The molecule has 0 bridgehead atoms. The molecule has 0 fully saturated rings. The van der Waals surface area contributed by atoms with E-state index in [0.717, 1.165) is 0 Å². The maximum absolute atomic E-state index is 10.8. The molecule has 0 aliphatic heterocycles. The van der Waals surface area contributed by atoms with Crippen LogP contribution in [0.1, 0.15) is 16.8 Å². The summed E-state index contributed by atoms with van der Waals surface area (Å²) in [4.78, 5) is 14.6. The van der Waals surface area contributed by atoms with Gasteiger partial charge in [-0.05, 0) is 13.8 Å². The number of rotatable bonds is 5. The molecule has 16 heavy (non-hydrogen) atoms.